The van der Waals surface area contributed by atoms with Crippen molar-refractivity contribution in [2.24, 2.45) is 5.92 Å². The second-order valence-corrected chi connectivity index (χ2v) is 8.26. The first-order valence-electron chi connectivity index (χ1n) is 10.4. The van der Waals surface area contributed by atoms with Gasteiger partial charge in [-0.1, -0.05) is 18.2 Å². The number of aryl methyl sites for hydroxylation is 1. The van der Waals surface area contributed by atoms with E-state index in [9.17, 15) is 13.6 Å². The molecule has 4 atom stereocenters. The van der Waals surface area contributed by atoms with Crippen LogP contribution in [0.5, 0.6) is 0 Å². The third-order valence-electron chi connectivity index (χ3n) is 6.25. The fourth-order valence-corrected chi connectivity index (χ4v) is 4.84. The minimum Gasteiger partial charge on any atom is -0.373 e. The number of anilines is 1. The molecule has 1 aromatic heterocycles. The van der Waals surface area contributed by atoms with Crippen molar-refractivity contribution in [3.05, 3.63) is 83.7 Å². The van der Waals surface area contributed by atoms with E-state index in [0.717, 1.165) is 24.1 Å². The summed E-state index contributed by atoms with van der Waals surface area (Å²) >= 11 is 0. The first kappa shape index (κ1) is 19.8. The summed E-state index contributed by atoms with van der Waals surface area (Å²) in [6.45, 7) is 1.99. The van der Waals surface area contributed by atoms with Crippen molar-refractivity contribution < 1.29 is 18.3 Å². The summed E-state index contributed by atoms with van der Waals surface area (Å²) in [5.74, 6) is -1.81. The molecule has 4 unspecified atom stereocenters. The van der Waals surface area contributed by atoms with Gasteiger partial charge in [0.25, 0.3) is 0 Å². The maximum atomic E-state index is 14.7. The second-order valence-electron chi connectivity index (χ2n) is 8.26. The number of pyridine rings is 1. The summed E-state index contributed by atoms with van der Waals surface area (Å²) in [6, 6.07) is 14.3. The van der Waals surface area contributed by atoms with Crippen molar-refractivity contribution in [1.82, 2.24) is 4.98 Å². The average Bonchev–Trinajstić information content (AvgIpc) is 3.36. The Kier molecular flexibility index (Phi) is 5.02. The number of hydrogen-bond donors (Lipinski definition) is 1. The summed E-state index contributed by atoms with van der Waals surface area (Å²) < 4.78 is 34.8. The third-order valence-corrected chi connectivity index (χ3v) is 6.25. The van der Waals surface area contributed by atoms with E-state index in [1.54, 1.807) is 24.4 Å². The number of halogens is 2. The number of rotatable bonds is 4. The van der Waals surface area contributed by atoms with Gasteiger partial charge in [-0.3, -0.25) is 9.78 Å². The molecule has 31 heavy (non-hydrogen) atoms. The van der Waals surface area contributed by atoms with Crippen LogP contribution in [0.15, 0.2) is 60.8 Å². The van der Waals surface area contributed by atoms with Crippen LogP contribution >= 0.6 is 0 Å². The molecule has 0 spiro atoms. The van der Waals surface area contributed by atoms with E-state index >= 15 is 0 Å². The van der Waals surface area contributed by atoms with E-state index in [1.165, 1.54) is 24.3 Å². The van der Waals surface area contributed by atoms with Crippen molar-refractivity contribution in [2.75, 3.05) is 5.32 Å². The Balaban J connectivity index is 1.39. The fourth-order valence-electron chi connectivity index (χ4n) is 4.84. The van der Waals surface area contributed by atoms with E-state index in [2.05, 4.69) is 10.3 Å². The van der Waals surface area contributed by atoms with Gasteiger partial charge in [-0.25, -0.2) is 8.78 Å². The van der Waals surface area contributed by atoms with E-state index < -0.39 is 11.6 Å². The number of fused-ring (bicyclic) bond motifs is 2. The molecule has 0 aliphatic carbocycles. The summed E-state index contributed by atoms with van der Waals surface area (Å²) in [5.41, 5.74) is 2.61. The molecule has 0 saturated carbocycles. The van der Waals surface area contributed by atoms with E-state index in [1.807, 2.05) is 19.1 Å². The number of nitrogens with one attached hydrogen (secondary N) is 1. The number of ether oxygens (including phenoxy) is 1. The highest BCUT2D eigenvalue weighted by Crippen LogP contribution is 2.48. The molecule has 2 fully saturated rings. The van der Waals surface area contributed by atoms with Gasteiger partial charge < -0.3 is 10.1 Å². The lowest BCUT2D eigenvalue weighted by Gasteiger charge is -2.27. The standard InChI is InChI=1S/C25H22F2N2O2/c1-14-10-11-28-20(12-14)23-21-8-9-22(31-21)24(23)25(30)29-15-6-7-17(19(27)13-15)16-4-2-3-5-18(16)26/h2-7,10-13,21-24H,8-9H2,1H3,(H,29,30). The minimum absolute atomic E-state index is 0.0322. The maximum Gasteiger partial charge on any atom is 0.230 e. The lowest BCUT2D eigenvalue weighted by molar-refractivity contribution is -0.121. The van der Waals surface area contributed by atoms with Crippen molar-refractivity contribution >= 4 is 11.6 Å². The molecule has 6 heteroatoms. The molecule has 1 N–H and O–H groups in total. The fraction of sp³-hybridized carbons (Fsp3) is 0.280. The first-order chi connectivity index (χ1) is 15.0. The molecule has 158 valence electrons. The Morgan fingerprint density at radius 2 is 1.77 bits per heavy atom. The normalized spacial score (nSPS) is 24.4. The number of aromatic nitrogens is 1. The molecule has 5 rings (SSSR count). The number of benzene rings is 2. The predicted molar refractivity (Wildman–Crippen MR) is 114 cm³/mol. The summed E-state index contributed by atoms with van der Waals surface area (Å²) in [5, 5.41) is 2.84. The topological polar surface area (TPSA) is 51.2 Å². The zero-order chi connectivity index (χ0) is 21.5. The molecule has 2 aromatic carbocycles. The quantitative estimate of drug-likeness (QED) is 0.628. The Morgan fingerprint density at radius 3 is 2.55 bits per heavy atom. The van der Waals surface area contributed by atoms with Gasteiger partial charge in [-0.2, -0.15) is 0 Å². The van der Waals surface area contributed by atoms with Gasteiger partial charge in [-0.15, -0.1) is 0 Å². The van der Waals surface area contributed by atoms with Crippen LogP contribution in [0.25, 0.3) is 11.1 Å². The first-order valence-corrected chi connectivity index (χ1v) is 10.4. The molecular formula is C25H22F2N2O2. The van der Waals surface area contributed by atoms with Gasteiger partial charge in [0, 0.05) is 34.6 Å². The van der Waals surface area contributed by atoms with Gasteiger partial charge in [0.1, 0.15) is 11.6 Å². The van der Waals surface area contributed by atoms with Gasteiger partial charge in [0.05, 0.1) is 18.1 Å². The highest BCUT2D eigenvalue weighted by Gasteiger charge is 2.53. The van der Waals surface area contributed by atoms with E-state index in [0.29, 0.717) is 5.69 Å². The van der Waals surface area contributed by atoms with Gasteiger partial charge >= 0.3 is 0 Å². The number of carbonyl (C=O) groups is 1. The smallest absolute Gasteiger partial charge is 0.230 e. The van der Waals surface area contributed by atoms with Crippen LogP contribution in [0, 0.1) is 24.5 Å². The number of carbonyl (C=O) groups excluding carboxylic acids is 1. The van der Waals surface area contributed by atoms with Gasteiger partial charge in [0.2, 0.25) is 5.91 Å². The van der Waals surface area contributed by atoms with Crippen molar-refractivity contribution in [2.45, 2.75) is 37.9 Å². The van der Waals surface area contributed by atoms with Crippen molar-refractivity contribution in [1.29, 1.82) is 0 Å². The van der Waals surface area contributed by atoms with E-state index in [-0.39, 0.29) is 41.1 Å². The minimum atomic E-state index is -0.594. The molecule has 3 heterocycles. The summed E-state index contributed by atoms with van der Waals surface area (Å²) in [6.07, 6.45) is 3.28. The molecule has 1 amide bonds. The molecule has 2 saturated heterocycles. The molecule has 4 nitrogen and oxygen atoms in total. The number of hydrogen-bond acceptors (Lipinski definition) is 3. The molecule has 2 aliphatic heterocycles. The Bertz CT molecular complexity index is 1150. The van der Waals surface area contributed by atoms with Crippen molar-refractivity contribution in [3.8, 4) is 11.1 Å². The molecule has 0 radical (unpaired) electrons. The lowest BCUT2D eigenvalue weighted by atomic mass is 9.76. The SMILES string of the molecule is Cc1ccnc(C2C3CCC(O3)C2C(=O)Nc2ccc(-c3ccccc3F)c(F)c2)c1. The van der Waals surface area contributed by atoms with Crippen LogP contribution in [0.2, 0.25) is 0 Å². The van der Waals surface area contributed by atoms with Crippen molar-refractivity contribution in [3.63, 3.8) is 0 Å². The van der Waals surface area contributed by atoms with Crippen LogP contribution < -0.4 is 5.32 Å². The Hall–Kier alpha value is -3.12. The van der Waals surface area contributed by atoms with E-state index in [4.69, 9.17) is 4.74 Å². The van der Waals surface area contributed by atoms with Crippen LogP contribution in [0.3, 0.4) is 0 Å². The van der Waals surface area contributed by atoms with Crippen LogP contribution in [0.4, 0.5) is 14.5 Å². The van der Waals surface area contributed by atoms with Gasteiger partial charge in [-0.05, 0) is 61.7 Å². The highest BCUT2D eigenvalue weighted by atomic mass is 19.1. The molecule has 3 aromatic rings. The molecule has 2 bridgehead atoms. The van der Waals surface area contributed by atoms with Crippen LogP contribution in [-0.4, -0.2) is 23.1 Å². The third kappa shape index (κ3) is 3.61. The lowest BCUT2D eigenvalue weighted by Crippen LogP contribution is -2.36. The van der Waals surface area contributed by atoms with Crippen LogP contribution in [0.1, 0.15) is 30.0 Å². The second kappa shape index (κ2) is 7.85. The monoisotopic (exact) mass is 420 g/mol. The number of nitrogens with zero attached hydrogens (tertiary/aromatic N) is 1. The zero-order valence-corrected chi connectivity index (χ0v) is 17.0. The van der Waals surface area contributed by atoms with Gasteiger partial charge in [0.15, 0.2) is 0 Å². The Labute approximate surface area is 179 Å². The highest BCUT2D eigenvalue weighted by molar-refractivity contribution is 5.94. The summed E-state index contributed by atoms with van der Waals surface area (Å²) in [7, 11) is 0. The van der Waals surface area contributed by atoms with Crippen LogP contribution in [-0.2, 0) is 9.53 Å². The Morgan fingerprint density at radius 1 is 1.00 bits per heavy atom. The number of amides is 1. The largest absolute Gasteiger partial charge is 0.373 e. The predicted octanol–water partition coefficient (Wildman–Crippen LogP) is 5.23. The molecular weight excluding hydrogens is 398 g/mol. The maximum absolute atomic E-state index is 14.7. The molecule has 2 aliphatic rings. The zero-order valence-electron chi connectivity index (χ0n) is 17.0. The summed E-state index contributed by atoms with van der Waals surface area (Å²) in [4.78, 5) is 17.7. The average molecular weight is 420 g/mol.